The first-order valence-corrected chi connectivity index (χ1v) is 6.75. The van der Waals surface area contributed by atoms with Gasteiger partial charge in [0, 0.05) is 13.2 Å². The van der Waals surface area contributed by atoms with Crippen LogP contribution in [0, 0.1) is 11.3 Å². The van der Waals surface area contributed by atoms with Crippen LogP contribution < -0.4 is 5.32 Å². The number of aromatic nitrogens is 1. The number of rotatable bonds is 7. The molecule has 0 saturated heterocycles. The number of anilines is 1. The van der Waals surface area contributed by atoms with Crippen molar-refractivity contribution in [3.8, 4) is 6.07 Å². The van der Waals surface area contributed by atoms with Crippen molar-refractivity contribution in [2.45, 2.75) is 32.8 Å². The third-order valence-corrected chi connectivity index (χ3v) is 3.29. The highest BCUT2D eigenvalue weighted by molar-refractivity contribution is 7.16. The molecule has 0 aliphatic carbocycles. The molecule has 1 rings (SSSR count). The van der Waals surface area contributed by atoms with Gasteiger partial charge in [-0.25, -0.2) is 4.98 Å². The Labute approximate surface area is 111 Å². The monoisotopic (exact) mass is 273 g/mol. The smallest absolute Gasteiger partial charge is 0.185 e. The maximum atomic E-state index is 8.72. The maximum absolute atomic E-state index is 8.72. The lowest BCUT2D eigenvalue weighted by Gasteiger charge is -2.07. The van der Waals surface area contributed by atoms with E-state index in [1.165, 1.54) is 11.3 Å². The van der Waals surface area contributed by atoms with E-state index in [1.807, 2.05) is 19.9 Å². The van der Waals surface area contributed by atoms with Gasteiger partial charge in [-0.3, -0.25) is 0 Å². The molecule has 0 amide bonds. The first-order chi connectivity index (χ1) is 8.13. The summed E-state index contributed by atoms with van der Waals surface area (Å²) in [5, 5.41) is 12.8. The van der Waals surface area contributed by atoms with Crippen molar-refractivity contribution in [3.63, 3.8) is 0 Å². The molecular formula is C11H16ClN3OS. The number of thiazole rings is 1. The summed E-state index contributed by atoms with van der Waals surface area (Å²) in [5.41, 5.74) is 0. The minimum absolute atomic E-state index is 0.281. The lowest BCUT2D eigenvalue weighted by Crippen LogP contribution is -2.06. The third-order valence-electron chi connectivity index (χ3n) is 1.99. The first-order valence-electron chi connectivity index (χ1n) is 5.55. The van der Waals surface area contributed by atoms with Crippen molar-refractivity contribution in [2.75, 3.05) is 18.5 Å². The van der Waals surface area contributed by atoms with Crippen molar-refractivity contribution >= 4 is 28.1 Å². The van der Waals surface area contributed by atoms with Crippen LogP contribution in [-0.4, -0.2) is 24.2 Å². The van der Waals surface area contributed by atoms with Crippen LogP contribution >= 0.6 is 22.9 Å². The van der Waals surface area contributed by atoms with Gasteiger partial charge >= 0.3 is 0 Å². The summed E-state index contributed by atoms with van der Waals surface area (Å²) in [7, 11) is 0. The first kappa shape index (κ1) is 14.2. The molecule has 0 aliphatic rings. The molecule has 0 atom stereocenters. The molecule has 0 unspecified atom stereocenters. The van der Waals surface area contributed by atoms with E-state index >= 15 is 0 Å². The zero-order chi connectivity index (χ0) is 12.7. The molecule has 1 aromatic rings. The largest absolute Gasteiger partial charge is 0.379 e. The molecule has 1 heterocycles. The predicted octanol–water partition coefficient (Wildman–Crippen LogP) is 3.29. The fraction of sp³-hybridized carbons (Fsp3) is 0.636. The second-order valence-electron chi connectivity index (χ2n) is 3.80. The number of unbranched alkanes of at least 4 members (excludes halogenated alkanes) is 1. The van der Waals surface area contributed by atoms with E-state index in [0.29, 0.717) is 16.1 Å². The SMILES string of the molecule is CC(C)OCCCCNc1nc(Cl)c(C#N)s1. The highest BCUT2D eigenvalue weighted by atomic mass is 35.5. The van der Waals surface area contributed by atoms with Crippen LogP contribution in [0.25, 0.3) is 0 Å². The van der Waals surface area contributed by atoms with E-state index in [2.05, 4.69) is 10.3 Å². The second kappa shape index (κ2) is 7.49. The van der Waals surface area contributed by atoms with Gasteiger partial charge in [0.2, 0.25) is 0 Å². The average Bonchev–Trinajstić information content (AvgIpc) is 2.63. The van der Waals surface area contributed by atoms with E-state index in [-0.39, 0.29) is 5.15 Å². The normalized spacial score (nSPS) is 10.5. The summed E-state index contributed by atoms with van der Waals surface area (Å²) in [6.45, 7) is 5.65. The zero-order valence-corrected chi connectivity index (χ0v) is 11.6. The number of halogens is 1. The van der Waals surface area contributed by atoms with Gasteiger partial charge in [-0.1, -0.05) is 22.9 Å². The minimum atomic E-state index is 0.281. The zero-order valence-electron chi connectivity index (χ0n) is 9.99. The van der Waals surface area contributed by atoms with Crippen LogP contribution in [0.2, 0.25) is 5.15 Å². The summed E-state index contributed by atoms with van der Waals surface area (Å²) in [6.07, 6.45) is 2.31. The summed E-state index contributed by atoms with van der Waals surface area (Å²) in [6, 6.07) is 2.00. The fourth-order valence-electron chi connectivity index (χ4n) is 1.19. The fourth-order valence-corrected chi connectivity index (χ4v) is 2.16. The van der Waals surface area contributed by atoms with Crippen molar-refractivity contribution in [1.29, 1.82) is 5.26 Å². The molecule has 94 valence electrons. The van der Waals surface area contributed by atoms with E-state index in [4.69, 9.17) is 21.6 Å². The Kier molecular flexibility index (Phi) is 6.27. The van der Waals surface area contributed by atoms with Gasteiger partial charge in [0.15, 0.2) is 10.3 Å². The lowest BCUT2D eigenvalue weighted by atomic mass is 10.3. The molecule has 0 fully saturated rings. The molecule has 1 N–H and O–H groups in total. The molecule has 0 aromatic carbocycles. The maximum Gasteiger partial charge on any atom is 0.185 e. The van der Waals surface area contributed by atoms with Crippen LogP contribution in [-0.2, 0) is 4.74 Å². The molecule has 6 heteroatoms. The lowest BCUT2D eigenvalue weighted by molar-refractivity contribution is 0.0765. The van der Waals surface area contributed by atoms with E-state index in [9.17, 15) is 0 Å². The van der Waals surface area contributed by atoms with Crippen LogP contribution in [0.15, 0.2) is 0 Å². The molecule has 4 nitrogen and oxygen atoms in total. The molecule has 0 aliphatic heterocycles. The summed E-state index contributed by atoms with van der Waals surface area (Å²) >= 11 is 7.04. The Balaban J connectivity index is 2.16. The quantitative estimate of drug-likeness (QED) is 0.775. The molecule has 0 bridgehead atoms. The van der Waals surface area contributed by atoms with Crippen LogP contribution in [0.4, 0.5) is 5.13 Å². The number of nitrogens with zero attached hydrogens (tertiary/aromatic N) is 2. The number of hydrogen-bond donors (Lipinski definition) is 1. The molecule has 0 saturated carbocycles. The molecule has 0 radical (unpaired) electrons. The Morgan fingerprint density at radius 1 is 1.53 bits per heavy atom. The van der Waals surface area contributed by atoms with Gasteiger partial charge < -0.3 is 10.1 Å². The van der Waals surface area contributed by atoms with Crippen molar-refractivity contribution in [2.24, 2.45) is 0 Å². The number of ether oxygens (including phenoxy) is 1. The third kappa shape index (κ3) is 5.35. The average molecular weight is 274 g/mol. The molecule has 17 heavy (non-hydrogen) atoms. The Hall–Kier alpha value is -0.830. The highest BCUT2D eigenvalue weighted by Gasteiger charge is 2.07. The molecule has 0 spiro atoms. The predicted molar refractivity (Wildman–Crippen MR) is 70.7 cm³/mol. The molecular weight excluding hydrogens is 258 g/mol. The summed E-state index contributed by atoms with van der Waals surface area (Å²) in [4.78, 5) is 4.50. The highest BCUT2D eigenvalue weighted by Crippen LogP contribution is 2.25. The standard InChI is InChI=1S/C11H16ClN3OS/c1-8(2)16-6-4-3-5-14-11-15-10(12)9(7-13)17-11/h8H,3-6H2,1-2H3,(H,14,15). The van der Waals surface area contributed by atoms with Crippen LogP contribution in [0.5, 0.6) is 0 Å². The summed E-state index contributed by atoms with van der Waals surface area (Å²) < 4.78 is 5.43. The Bertz CT molecular complexity index is 387. The Morgan fingerprint density at radius 3 is 2.88 bits per heavy atom. The van der Waals surface area contributed by atoms with Gasteiger partial charge in [0.25, 0.3) is 0 Å². The van der Waals surface area contributed by atoms with Crippen molar-refractivity contribution < 1.29 is 4.74 Å². The topological polar surface area (TPSA) is 57.9 Å². The van der Waals surface area contributed by atoms with E-state index in [0.717, 1.165) is 26.0 Å². The van der Waals surface area contributed by atoms with Crippen LogP contribution in [0.3, 0.4) is 0 Å². The van der Waals surface area contributed by atoms with Gasteiger partial charge in [0.05, 0.1) is 6.10 Å². The molecule has 1 aromatic heterocycles. The van der Waals surface area contributed by atoms with Crippen LogP contribution in [0.1, 0.15) is 31.6 Å². The van der Waals surface area contributed by atoms with Gasteiger partial charge in [-0.15, -0.1) is 0 Å². The van der Waals surface area contributed by atoms with Gasteiger partial charge in [0.1, 0.15) is 10.9 Å². The van der Waals surface area contributed by atoms with Crippen molar-refractivity contribution in [1.82, 2.24) is 4.98 Å². The Morgan fingerprint density at radius 2 is 2.29 bits per heavy atom. The van der Waals surface area contributed by atoms with Gasteiger partial charge in [-0.05, 0) is 26.7 Å². The minimum Gasteiger partial charge on any atom is -0.379 e. The summed E-state index contributed by atoms with van der Waals surface area (Å²) in [5.74, 6) is 0. The van der Waals surface area contributed by atoms with E-state index < -0.39 is 0 Å². The number of hydrogen-bond acceptors (Lipinski definition) is 5. The number of nitrogens with one attached hydrogen (secondary N) is 1. The van der Waals surface area contributed by atoms with Gasteiger partial charge in [-0.2, -0.15) is 5.26 Å². The second-order valence-corrected chi connectivity index (χ2v) is 5.16. The van der Waals surface area contributed by atoms with Crippen molar-refractivity contribution in [3.05, 3.63) is 10.0 Å². The van der Waals surface area contributed by atoms with E-state index in [1.54, 1.807) is 0 Å². The number of nitriles is 1.